The van der Waals surface area contributed by atoms with Gasteiger partial charge in [-0.2, -0.15) is 0 Å². The van der Waals surface area contributed by atoms with Crippen LogP contribution < -0.4 is 16.2 Å². The Morgan fingerprint density at radius 2 is 2.00 bits per heavy atom. The molecule has 29 heavy (non-hydrogen) atoms. The number of pyridine rings is 1. The summed E-state index contributed by atoms with van der Waals surface area (Å²) in [5.41, 5.74) is 9.00. The van der Waals surface area contributed by atoms with Gasteiger partial charge in [0.2, 0.25) is 0 Å². The van der Waals surface area contributed by atoms with Gasteiger partial charge in [-0.25, -0.2) is 4.39 Å². The molecule has 5 rings (SSSR count). The van der Waals surface area contributed by atoms with Crippen LogP contribution in [0.3, 0.4) is 0 Å². The molecule has 0 radical (unpaired) electrons. The van der Waals surface area contributed by atoms with Crippen LogP contribution in [0.25, 0.3) is 21.9 Å². The average molecular weight is 398 g/mol. The van der Waals surface area contributed by atoms with E-state index in [1.165, 1.54) is 6.07 Å². The van der Waals surface area contributed by atoms with Crippen LogP contribution in [0.15, 0.2) is 15.4 Å². The Balaban J connectivity index is 1.77. The van der Waals surface area contributed by atoms with Gasteiger partial charge in [-0.3, -0.25) is 4.79 Å². The van der Waals surface area contributed by atoms with E-state index in [-0.39, 0.29) is 23.0 Å². The molecule has 154 valence electrons. The monoisotopic (exact) mass is 398 g/mol. The molecule has 7 heteroatoms. The molecule has 1 atom stereocenters. The Morgan fingerprint density at radius 3 is 2.62 bits per heavy atom. The summed E-state index contributed by atoms with van der Waals surface area (Å²) in [5, 5.41) is 5.07. The molecular weight excluding hydrogens is 371 g/mol. The largest absolute Gasteiger partial charge is 0.369 e. The number of fused-ring (bicyclic) bond motifs is 3. The van der Waals surface area contributed by atoms with Gasteiger partial charge in [0.1, 0.15) is 11.2 Å². The molecule has 0 bridgehead atoms. The van der Waals surface area contributed by atoms with Crippen LogP contribution in [-0.2, 0) is 0 Å². The van der Waals surface area contributed by atoms with Gasteiger partial charge in [-0.05, 0) is 64.5 Å². The first-order chi connectivity index (χ1) is 13.7. The van der Waals surface area contributed by atoms with E-state index >= 15 is 4.39 Å². The zero-order valence-corrected chi connectivity index (χ0v) is 17.4. The van der Waals surface area contributed by atoms with Crippen LogP contribution in [-0.4, -0.2) is 28.4 Å². The van der Waals surface area contributed by atoms with Crippen molar-refractivity contribution in [2.24, 2.45) is 11.7 Å². The Labute approximate surface area is 168 Å². The first-order valence-corrected chi connectivity index (χ1v) is 10.4. The number of halogens is 1. The highest BCUT2D eigenvalue weighted by Gasteiger charge is 2.36. The van der Waals surface area contributed by atoms with Crippen molar-refractivity contribution >= 4 is 27.6 Å². The third-order valence-corrected chi connectivity index (χ3v) is 6.71. The molecular formula is C22H27FN4O2. The number of anilines is 1. The van der Waals surface area contributed by atoms with Crippen LogP contribution in [0.5, 0.6) is 0 Å². The van der Waals surface area contributed by atoms with E-state index in [1.54, 1.807) is 6.92 Å². The van der Waals surface area contributed by atoms with Gasteiger partial charge in [0.15, 0.2) is 5.58 Å². The molecule has 0 spiro atoms. The highest BCUT2D eigenvalue weighted by molar-refractivity contribution is 6.05. The SMILES string of the molecule is Cc1noc2c1c(=O)n(C1CC1)c1c(C)c(N3CCC(C(C)(C)N)C3)c(F)cc21. The third kappa shape index (κ3) is 2.70. The first kappa shape index (κ1) is 18.6. The van der Waals surface area contributed by atoms with E-state index in [9.17, 15) is 4.79 Å². The van der Waals surface area contributed by atoms with E-state index in [1.807, 2.05) is 25.3 Å². The van der Waals surface area contributed by atoms with Gasteiger partial charge in [0, 0.05) is 30.1 Å². The van der Waals surface area contributed by atoms with Crippen molar-refractivity contribution in [1.29, 1.82) is 0 Å². The van der Waals surface area contributed by atoms with Crippen molar-refractivity contribution in [2.75, 3.05) is 18.0 Å². The van der Waals surface area contributed by atoms with Crippen molar-refractivity contribution in [1.82, 2.24) is 9.72 Å². The molecule has 1 aliphatic heterocycles. The van der Waals surface area contributed by atoms with Gasteiger partial charge < -0.3 is 19.7 Å². The quantitative estimate of drug-likeness (QED) is 0.726. The van der Waals surface area contributed by atoms with Crippen molar-refractivity contribution in [2.45, 2.75) is 58.5 Å². The van der Waals surface area contributed by atoms with E-state index in [0.29, 0.717) is 40.2 Å². The molecule has 2 aromatic heterocycles. The summed E-state index contributed by atoms with van der Waals surface area (Å²) < 4.78 is 22.7. The summed E-state index contributed by atoms with van der Waals surface area (Å²) in [4.78, 5) is 15.4. The second-order valence-electron chi connectivity index (χ2n) is 9.36. The number of hydrogen-bond acceptors (Lipinski definition) is 5. The van der Waals surface area contributed by atoms with E-state index in [2.05, 4.69) is 10.1 Å². The fraction of sp³-hybridized carbons (Fsp3) is 0.545. The average Bonchev–Trinajstić information content (AvgIpc) is 3.19. The standard InChI is InChI=1S/C22H27FN4O2/c1-11-18-15(9-16(23)19(11)26-8-7-13(10-26)22(3,4)24)20-17(12(2)25-29-20)21(28)27(18)14-5-6-14/h9,13-14H,5-8,10,24H2,1-4H3. The molecule has 3 heterocycles. The van der Waals surface area contributed by atoms with Gasteiger partial charge in [0.05, 0.1) is 16.9 Å². The van der Waals surface area contributed by atoms with E-state index in [4.69, 9.17) is 10.3 Å². The van der Waals surface area contributed by atoms with Crippen molar-refractivity contribution in [3.8, 4) is 0 Å². The maximum atomic E-state index is 15.4. The van der Waals surface area contributed by atoms with E-state index < -0.39 is 0 Å². The predicted molar refractivity (Wildman–Crippen MR) is 112 cm³/mol. The highest BCUT2D eigenvalue weighted by atomic mass is 19.1. The number of nitrogens with zero attached hydrogens (tertiary/aromatic N) is 3. The third-order valence-electron chi connectivity index (χ3n) is 6.71. The lowest BCUT2D eigenvalue weighted by atomic mass is 9.88. The maximum Gasteiger partial charge on any atom is 0.264 e. The lowest BCUT2D eigenvalue weighted by molar-refractivity contribution is 0.348. The molecule has 2 N–H and O–H groups in total. The van der Waals surface area contributed by atoms with Crippen molar-refractivity contribution in [3.05, 3.63) is 33.5 Å². The summed E-state index contributed by atoms with van der Waals surface area (Å²) in [6, 6.07) is 1.68. The Kier molecular flexibility index (Phi) is 3.88. The van der Waals surface area contributed by atoms with Gasteiger partial charge in [-0.1, -0.05) is 5.16 Å². The predicted octanol–water partition coefficient (Wildman–Crippen LogP) is 3.80. The molecule has 1 saturated heterocycles. The fourth-order valence-corrected chi connectivity index (χ4v) is 4.91. The second-order valence-corrected chi connectivity index (χ2v) is 9.36. The van der Waals surface area contributed by atoms with Crippen molar-refractivity contribution in [3.63, 3.8) is 0 Å². The lowest BCUT2D eigenvalue weighted by Crippen LogP contribution is -2.42. The second kappa shape index (κ2) is 6.05. The lowest BCUT2D eigenvalue weighted by Gasteiger charge is -2.28. The fourth-order valence-electron chi connectivity index (χ4n) is 4.91. The minimum atomic E-state index is -0.310. The van der Waals surface area contributed by atoms with Crippen LogP contribution in [0.4, 0.5) is 10.1 Å². The zero-order valence-electron chi connectivity index (χ0n) is 17.4. The van der Waals surface area contributed by atoms with Gasteiger partial charge in [0.25, 0.3) is 5.56 Å². The molecule has 1 saturated carbocycles. The number of aryl methyl sites for hydroxylation is 2. The van der Waals surface area contributed by atoms with Crippen LogP contribution >= 0.6 is 0 Å². The van der Waals surface area contributed by atoms with Gasteiger partial charge in [-0.15, -0.1) is 0 Å². The molecule has 1 unspecified atom stereocenters. The Hall–Kier alpha value is -2.41. The smallest absolute Gasteiger partial charge is 0.264 e. The van der Waals surface area contributed by atoms with Gasteiger partial charge >= 0.3 is 0 Å². The number of nitrogens with two attached hydrogens (primary N) is 1. The minimum Gasteiger partial charge on any atom is -0.369 e. The molecule has 0 amide bonds. The molecule has 6 nitrogen and oxygen atoms in total. The normalized spacial score (nSPS) is 20.3. The molecule has 1 aliphatic carbocycles. The van der Waals surface area contributed by atoms with Crippen LogP contribution in [0, 0.1) is 25.6 Å². The zero-order chi connectivity index (χ0) is 20.7. The molecule has 3 aromatic rings. The number of aromatic nitrogens is 2. The first-order valence-electron chi connectivity index (χ1n) is 10.4. The summed E-state index contributed by atoms with van der Waals surface area (Å²) in [5.74, 6) is 0.00357. The highest BCUT2D eigenvalue weighted by Crippen LogP contribution is 2.42. The Bertz CT molecular complexity index is 1200. The minimum absolute atomic E-state index is 0.0863. The summed E-state index contributed by atoms with van der Waals surface area (Å²) >= 11 is 0. The van der Waals surface area contributed by atoms with Crippen molar-refractivity contribution < 1.29 is 8.91 Å². The Morgan fingerprint density at radius 1 is 1.28 bits per heavy atom. The number of benzene rings is 1. The molecule has 2 aliphatic rings. The molecule has 1 aromatic carbocycles. The summed E-state index contributed by atoms with van der Waals surface area (Å²) in [6.45, 7) is 9.19. The van der Waals surface area contributed by atoms with Crippen LogP contribution in [0.1, 0.15) is 50.4 Å². The molecule has 2 fully saturated rings. The van der Waals surface area contributed by atoms with Crippen LogP contribution in [0.2, 0.25) is 0 Å². The maximum absolute atomic E-state index is 15.4. The number of hydrogen-bond donors (Lipinski definition) is 1. The van der Waals surface area contributed by atoms with E-state index in [0.717, 1.165) is 36.9 Å². The summed E-state index contributed by atoms with van der Waals surface area (Å²) in [7, 11) is 0. The topological polar surface area (TPSA) is 77.3 Å². The number of rotatable bonds is 3. The summed E-state index contributed by atoms with van der Waals surface area (Å²) in [6.07, 6.45) is 2.85.